The molecule has 0 aliphatic rings. The predicted octanol–water partition coefficient (Wildman–Crippen LogP) is 1.76. The summed E-state index contributed by atoms with van der Waals surface area (Å²) >= 11 is 0. The van der Waals surface area contributed by atoms with Gasteiger partial charge < -0.3 is 4.74 Å². The molecule has 0 aliphatic carbocycles. The highest BCUT2D eigenvalue weighted by atomic mass is 32.2. The van der Waals surface area contributed by atoms with E-state index in [1.807, 2.05) is 0 Å². The SMILES string of the molecule is COc1ccc(S(=O)(=O)Nc2cc(S(N)(=O)=O)cc(C)c2C)cc1. The van der Waals surface area contributed by atoms with Gasteiger partial charge in [-0.3, -0.25) is 4.72 Å². The Balaban J connectivity index is 2.47. The van der Waals surface area contributed by atoms with E-state index in [1.54, 1.807) is 13.8 Å². The van der Waals surface area contributed by atoms with Crippen molar-refractivity contribution in [3.63, 3.8) is 0 Å². The fraction of sp³-hybridized carbons (Fsp3) is 0.200. The van der Waals surface area contributed by atoms with E-state index in [1.165, 1.54) is 43.5 Å². The summed E-state index contributed by atoms with van der Waals surface area (Å²) in [5.41, 5.74) is 1.38. The van der Waals surface area contributed by atoms with Crippen LogP contribution in [0, 0.1) is 13.8 Å². The van der Waals surface area contributed by atoms with Crippen molar-refractivity contribution in [2.45, 2.75) is 23.6 Å². The van der Waals surface area contributed by atoms with E-state index in [4.69, 9.17) is 9.88 Å². The molecule has 0 radical (unpaired) electrons. The maximum atomic E-state index is 12.5. The molecule has 0 aliphatic heterocycles. The van der Waals surface area contributed by atoms with E-state index in [9.17, 15) is 16.8 Å². The van der Waals surface area contributed by atoms with Crippen molar-refractivity contribution in [3.05, 3.63) is 47.5 Å². The van der Waals surface area contributed by atoms with Gasteiger partial charge in [0.25, 0.3) is 10.0 Å². The second-order valence-electron chi connectivity index (χ2n) is 5.24. The van der Waals surface area contributed by atoms with Crippen LogP contribution in [-0.4, -0.2) is 23.9 Å². The first-order valence-corrected chi connectivity index (χ1v) is 9.88. The van der Waals surface area contributed by atoms with Crippen LogP contribution in [0.5, 0.6) is 5.75 Å². The number of primary sulfonamides is 1. The number of nitrogens with two attached hydrogens (primary N) is 1. The van der Waals surface area contributed by atoms with Gasteiger partial charge in [-0.25, -0.2) is 22.0 Å². The van der Waals surface area contributed by atoms with E-state index < -0.39 is 20.0 Å². The van der Waals surface area contributed by atoms with E-state index in [2.05, 4.69) is 4.72 Å². The molecule has 3 N–H and O–H groups in total. The lowest BCUT2D eigenvalue weighted by molar-refractivity contribution is 0.414. The first-order valence-electron chi connectivity index (χ1n) is 6.85. The van der Waals surface area contributed by atoms with Crippen molar-refractivity contribution in [2.24, 2.45) is 5.14 Å². The molecule has 0 bridgehead atoms. The summed E-state index contributed by atoms with van der Waals surface area (Å²) in [5.74, 6) is 0.525. The average molecular weight is 370 g/mol. The molecule has 0 atom stereocenters. The first-order chi connectivity index (χ1) is 11.0. The molecule has 24 heavy (non-hydrogen) atoms. The van der Waals surface area contributed by atoms with Gasteiger partial charge >= 0.3 is 0 Å². The highest BCUT2D eigenvalue weighted by Gasteiger charge is 2.18. The number of hydrogen-bond acceptors (Lipinski definition) is 5. The molecule has 2 rings (SSSR count). The lowest BCUT2D eigenvalue weighted by Crippen LogP contribution is -2.17. The number of methoxy groups -OCH3 is 1. The molecule has 0 spiro atoms. The molecule has 0 saturated heterocycles. The summed E-state index contributed by atoms with van der Waals surface area (Å²) in [6.07, 6.45) is 0. The van der Waals surface area contributed by atoms with Crippen molar-refractivity contribution >= 4 is 25.7 Å². The highest BCUT2D eigenvalue weighted by Crippen LogP contribution is 2.26. The topological polar surface area (TPSA) is 116 Å². The lowest BCUT2D eigenvalue weighted by atomic mass is 10.1. The van der Waals surface area contributed by atoms with Gasteiger partial charge in [0.15, 0.2) is 0 Å². The summed E-state index contributed by atoms with van der Waals surface area (Å²) in [6.45, 7) is 3.36. The monoisotopic (exact) mass is 370 g/mol. The number of ether oxygens (including phenoxy) is 1. The molecule has 0 unspecified atom stereocenters. The molecule has 0 saturated carbocycles. The maximum Gasteiger partial charge on any atom is 0.261 e. The number of benzene rings is 2. The Morgan fingerprint density at radius 1 is 0.958 bits per heavy atom. The normalized spacial score (nSPS) is 12.0. The Bertz CT molecular complexity index is 966. The number of aryl methyl sites for hydroxylation is 1. The van der Waals surface area contributed by atoms with Crippen LogP contribution in [0.2, 0.25) is 0 Å². The zero-order chi connectivity index (χ0) is 18.1. The summed E-state index contributed by atoms with van der Waals surface area (Å²) in [5, 5.41) is 5.13. The zero-order valence-corrected chi connectivity index (χ0v) is 15.0. The van der Waals surface area contributed by atoms with Crippen LogP contribution in [0.25, 0.3) is 0 Å². The molecule has 2 aromatic rings. The van der Waals surface area contributed by atoms with Gasteiger partial charge in [0.1, 0.15) is 5.75 Å². The molecule has 0 heterocycles. The van der Waals surface area contributed by atoms with Gasteiger partial charge in [-0.2, -0.15) is 0 Å². The van der Waals surface area contributed by atoms with Crippen LogP contribution >= 0.6 is 0 Å². The van der Waals surface area contributed by atoms with E-state index in [0.29, 0.717) is 16.9 Å². The molecular weight excluding hydrogens is 352 g/mol. The van der Waals surface area contributed by atoms with Gasteiger partial charge in [0.2, 0.25) is 10.0 Å². The fourth-order valence-corrected chi connectivity index (χ4v) is 3.79. The van der Waals surface area contributed by atoms with Gasteiger partial charge in [-0.15, -0.1) is 0 Å². The second kappa shape index (κ2) is 6.42. The molecular formula is C15H18N2O5S2. The van der Waals surface area contributed by atoms with Crippen molar-refractivity contribution < 1.29 is 21.6 Å². The third-order valence-corrected chi connectivity index (χ3v) is 5.86. The molecule has 7 nitrogen and oxygen atoms in total. The number of anilines is 1. The highest BCUT2D eigenvalue weighted by molar-refractivity contribution is 7.92. The third-order valence-electron chi connectivity index (χ3n) is 3.58. The minimum atomic E-state index is -3.95. The number of hydrogen-bond donors (Lipinski definition) is 2. The van der Waals surface area contributed by atoms with Crippen molar-refractivity contribution in [2.75, 3.05) is 11.8 Å². The molecule has 9 heteroatoms. The Labute approximate surface area is 141 Å². The Kier molecular flexibility index (Phi) is 4.88. The van der Waals surface area contributed by atoms with Gasteiger partial charge in [0.05, 0.1) is 22.6 Å². The quantitative estimate of drug-likeness (QED) is 0.832. The van der Waals surface area contributed by atoms with E-state index in [0.717, 1.165) is 0 Å². The average Bonchev–Trinajstić information content (AvgIpc) is 2.50. The van der Waals surface area contributed by atoms with Crippen LogP contribution in [0.3, 0.4) is 0 Å². The molecule has 0 fully saturated rings. The van der Waals surface area contributed by atoms with Crippen molar-refractivity contribution in [1.29, 1.82) is 0 Å². The number of nitrogens with one attached hydrogen (secondary N) is 1. The van der Waals surface area contributed by atoms with Gasteiger partial charge in [0, 0.05) is 0 Å². The largest absolute Gasteiger partial charge is 0.497 e. The molecule has 2 aromatic carbocycles. The molecule has 0 aromatic heterocycles. The summed E-state index contributed by atoms with van der Waals surface area (Å²) < 4.78 is 55.5. The smallest absolute Gasteiger partial charge is 0.261 e. The lowest BCUT2D eigenvalue weighted by Gasteiger charge is -2.14. The predicted molar refractivity (Wildman–Crippen MR) is 91.1 cm³/mol. The van der Waals surface area contributed by atoms with Crippen LogP contribution in [0.1, 0.15) is 11.1 Å². The third kappa shape index (κ3) is 3.86. The Morgan fingerprint density at radius 2 is 1.54 bits per heavy atom. The standard InChI is InChI=1S/C15H18N2O5S2/c1-10-8-14(23(16,18)19)9-15(11(10)2)17-24(20,21)13-6-4-12(22-3)5-7-13/h4-9,17H,1-3H3,(H2,16,18,19). The first kappa shape index (κ1) is 18.2. The Hall–Kier alpha value is -2.10. The zero-order valence-electron chi connectivity index (χ0n) is 13.4. The fourth-order valence-electron chi connectivity index (χ4n) is 2.06. The van der Waals surface area contributed by atoms with Crippen LogP contribution in [0.15, 0.2) is 46.2 Å². The van der Waals surface area contributed by atoms with E-state index >= 15 is 0 Å². The summed E-state index contributed by atoms with van der Waals surface area (Å²) in [6, 6.07) is 8.44. The van der Waals surface area contributed by atoms with E-state index in [-0.39, 0.29) is 15.5 Å². The minimum Gasteiger partial charge on any atom is -0.497 e. The number of sulfonamides is 2. The molecule has 0 amide bonds. The maximum absolute atomic E-state index is 12.5. The van der Waals surface area contributed by atoms with Crippen molar-refractivity contribution in [1.82, 2.24) is 0 Å². The Morgan fingerprint density at radius 3 is 2.04 bits per heavy atom. The number of rotatable bonds is 5. The van der Waals surface area contributed by atoms with Gasteiger partial charge in [-0.05, 0) is 61.4 Å². The summed E-state index contributed by atoms with van der Waals surface area (Å²) in [4.78, 5) is -0.126. The van der Waals surface area contributed by atoms with Gasteiger partial charge in [-0.1, -0.05) is 0 Å². The second-order valence-corrected chi connectivity index (χ2v) is 8.48. The van der Waals surface area contributed by atoms with Crippen molar-refractivity contribution in [3.8, 4) is 5.75 Å². The summed E-state index contributed by atoms with van der Waals surface area (Å²) in [7, 11) is -6.35. The molecule has 130 valence electrons. The minimum absolute atomic E-state index is 0.0290. The van der Waals surface area contributed by atoms with Crippen LogP contribution in [0.4, 0.5) is 5.69 Å². The van der Waals surface area contributed by atoms with Crippen LogP contribution < -0.4 is 14.6 Å². The van der Waals surface area contributed by atoms with Crippen LogP contribution in [-0.2, 0) is 20.0 Å².